The maximum Gasteiger partial charge on any atom is 0.325 e. The number of hydrogen-bond acceptors (Lipinski definition) is 4. The molecule has 1 saturated heterocycles. The van der Waals surface area contributed by atoms with Gasteiger partial charge in [0, 0.05) is 11.6 Å². The Labute approximate surface area is 174 Å². The summed E-state index contributed by atoms with van der Waals surface area (Å²) < 4.78 is 0. The average Bonchev–Trinajstić information content (AvgIpc) is 3.01. The molecule has 30 heavy (non-hydrogen) atoms. The Morgan fingerprint density at radius 1 is 1.10 bits per heavy atom. The normalized spacial score (nSPS) is 18.5. The van der Waals surface area contributed by atoms with Gasteiger partial charge in [-0.2, -0.15) is 0 Å². The highest BCUT2D eigenvalue weighted by Gasteiger charge is 2.51. The van der Waals surface area contributed by atoms with Crippen molar-refractivity contribution in [2.24, 2.45) is 0 Å². The molecule has 2 aromatic carbocycles. The number of imide groups is 1. The number of aryl methyl sites for hydroxylation is 1. The second-order valence-electron chi connectivity index (χ2n) is 7.32. The van der Waals surface area contributed by atoms with Gasteiger partial charge in [0.25, 0.3) is 5.91 Å². The molecule has 0 radical (unpaired) electrons. The van der Waals surface area contributed by atoms with Crippen LogP contribution >= 0.6 is 0 Å². The highest BCUT2D eigenvalue weighted by molar-refractivity contribution is 6.11. The van der Waals surface area contributed by atoms with Crippen LogP contribution in [0.15, 0.2) is 60.8 Å². The molecule has 152 valence electrons. The molecular weight excluding hydrogens is 380 g/mol. The lowest BCUT2D eigenvalue weighted by Crippen LogP contribution is -2.44. The van der Waals surface area contributed by atoms with Crippen LogP contribution in [0.3, 0.4) is 0 Å². The van der Waals surface area contributed by atoms with Crippen LogP contribution in [0.4, 0.5) is 10.5 Å². The summed E-state index contributed by atoms with van der Waals surface area (Å²) in [5.41, 5.74) is 1.92. The number of nitrogens with zero attached hydrogens (tertiary/aromatic N) is 2. The molecule has 3 aromatic rings. The Balaban J connectivity index is 1.56. The lowest BCUT2D eigenvalue weighted by molar-refractivity contribution is -0.134. The standard InChI is InChI=1S/C23H22N4O3/c1-3-23(16-8-5-4-6-9-16)21(29)27(22(30)26-23)14-19(28)25-18-12-11-15(2)20-17(18)10-7-13-24-20/h4-13H,3,14H2,1-2H3,(H,25,28)(H,26,30). The van der Waals surface area contributed by atoms with Gasteiger partial charge in [0.2, 0.25) is 5.91 Å². The monoisotopic (exact) mass is 402 g/mol. The third kappa shape index (κ3) is 3.18. The Morgan fingerprint density at radius 3 is 2.60 bits per heavy atom. The number of benzene rings is 2. The Hall–Kier alpha value is -3.74. The van der Waals surface area contributed by atoms with Gasteiger partial charge in [0.1, 0.15) is 12.1 Å². The molecule has 1 atom stereocenters. The number of fused-ring (bicyclic) bond motifs is 1. The van der Waals surface area contributed by atoms with Crippen molar-refractivity contribution in [3.8, 4) is 0 Å². The number of carbonyl (C=O) groups is 3. The summed E-state index contributed by atoms with van der Waals surface area (Å²) in [5.74, 6) is -0.876. The van der Waals surface area contributed by atoms with Gasteiger partial charge in [-0.3, -0.25) is 19.5 Å². The summed E-state index contributed by atoms with van der Waals surface area (Å²) in [6, 6.07) is 15.8. The first-order chi connectivity index (χ1) is 14.5. The Morgan fingerprint density at radius 2 is 1.87 bits per heavy atom. The minimum absolute atomic E-state index is 0.366. The summed E-state index contributed by atoms with van der Waals surface area (Å²) in [4.78, 5) is 43.8. The molecular formula is C23H22N4O3. The fourth-order valence-electron chi connectivity index (χ4n) is 3.89. The number of urea groups is 1. The van der Waals surface area contributed by atoms with Crippen molar-refractivity contribution in [3.05, 3.63) is 71.9 Å². The average molecular weight is 402 g/mol. The molecule has 7 nitrogen and oxygen atoms in total. The molecule has 1 aliphatic heterocycles. The lowest BCUT2D eigenvalue weighted by atomic mass is 9.87. The molecule has 0 spiro atoms. The van der Waals surface area contributed by atoms with E-state index < -0.39 is 23.4 Å². The van der Waals surface area contributed by atoms with E-state index in [1.165, 1.54) is 0 Å². The van der Waals surface area contributed by atoms with E-state index in [2.05, 4.69) is 15.6 Å². The van der Waals surface area contributed by atoms with Crippen molar-refractivity contribution in [2.75, 3.05) is 11.9 Å². The zero-order valence-electron chi connectivity index (χ0n) is 16.8. The molecule has 0 aliphatic carbocycles. The van der Waals surface area contributed by atoms with Gasteiger partial charge in [0.05, 0.1) is 11.2 Å². The number of carbonyl (C=O) groups excluding carboxylic acids is 3. The van der Waals surface area contributed by atoms with Gasteiger partial charge in [-0.15, -0.1) is 0 Å². The number of hydrogen-bond donors (Lipinski definition) is 2. The van der Waals surface area contributed by atoms with Crippen molar-refractivity contribution >= 4 is 34.4 Å². The van der Waals surface area contributed by atoms with Crippen molar-refractivity contribution in [3.63, 3.8) is 0 Å². The van der Waals surface area contributed by atoms with E-state index in [9.17, 15) is 14.4 Å². The van der Waals surface area contributed by atoms with Gasteiger partial charge < -0.3 is 10.6 Å². The Kier molecular flexibility index (Phi) is 4.95. The molecule has 0 saturated carbocycles. The first kappa shape index (κ1) is 19.6. The molecule has 1 aromatic heterocycles. The maximum atomic E-state index is 13.2. The van der Waals surface area contributed by atoms with Crippen molar-refractivity contribution in [1.82, 2.24) is 15.2 Å². The minimum Gasteiger partial charge on any atom is -0.324 e. The maximum absolute atomic E-state index is 13.2. The van der Waals surface area contributed by atoms with E-state index in [1.807, 2.05) is 44.2 Å². The lowest BCUT2D eigenvalue weighted by Gasteiger charge is -2.25. The fraction of sp³-hybridized carbons (Fsp3) is 0.217. The van der Waals surface area contributed by atoms with Gasteiger partial charge in [-0.05, 0) is 42.7 Å². The van der Waals surface area contributed by atoms with Gasteiger partial charge in [-0.25, -0.2) is 4.79 Å². The molecule has 4 rings (SSSR count). The van der Waals surface area contributed by atoms with E-state index in [1.54, 1.807) is 30.5 Å². The van der Waals surface area contributed by atoms with Gasteiger partial charge in [0.15, 0.2) is 0 Å². The highest BCUT2D eigenvalue weighted by Crippen LogP contribution is 2.32. The fourth-order valence-corrected chi connectivity index (χ4v) is 3.89. The molecule has 2 heterocycles. The van der Waals surface area contributed by atoms with Crippen LogP contribution in [0, 0.1) is 6.92 Å². The summed E-state index contributed by atoms with van der Waals surface area (Å²) in [5, 5.41) is 6.40. The third-order valence-corrected chi connectivity index (χ3v) is 5.52. The van der Waals surface area contributed by atoms with Crippen molar-refractivity contribution < 1.29 is 14.4 Å². The van der Waals surface area contributed by atoms with E-state index >= 15 is 0 Å². The number of rotatable bonds is 5. The smallest absolute Gasteiger partial charge is 0.324 e. The van der Waals surface area contributed by atoms with Crippen LogP contribution < -0.4 is 10.6 Å². The predicted octanol–water partition coefficient (Wildman–Crippen LogP) is 3.34. The van der Waals surface area contributed by atoms with Crippen molar-refractivity contribution in [1.29, 1.82) is 0 Å². The highest BCUT2D eigenvalue weighted by atomic mass is 16.2. The largest absolute Gasteiger partial charge is 0.325 e. The second kappa shape index (κ2) is 7.59. The Bertz CT molecular complexity index is 1150. The number of aromatic nitrogens is 1. The van der Waals surface area contributed by atoms with E-state index in [0.29, 0.717) is 17.7 Å². The molecule has 1 aliphatic rings. The third-order valence-electron chi connectivity index (χ3n) is 5.52. The van der Waals surface area contributed by atoms with E-state index in [-0.39, 0.29) is 6.54 Å². The first-order valence-electron chi connectivity index (χ1n) is 9.80. The van der Waals surface area contributed by atoms with Crippen LogP contribution in [-0.4, -0.2) is 34.3 Å². The minimum atomic E-state index is -1.15. The van der Waals surface area contributed by atoms with Gasteiger partial charge >= 0.3 is 6.03 Å². The number of anilines is 1. The van der Waals surface area contributed by atoms with Gasteiger partial charge in [-0.1, -0.05) is 43.3 Å². The van der Waals surface area contributed by atoms with Crippen molar-refractivity contribution in [2.45, 2.75) is 25.8 Å². The SMILES string of the molecule is CCC1(c2ccccc2)NC(=O)N(CC(=O)Nc2ccc(C)c3ncccc23)C1=O. The predicted molar refractivity (Wildman–Crippen MR) is 114 cm³/mol. The van der Waals surface area contributed by atoms with Crippen LogP contribution in [0.5, 0.6) is 0 Å². The summed E-state index contributed by atoms with van der Waals surface area (Å²) >= 11 is 0. The quantitative estimate of drug-likeness (QED) is 0.641. The molecule has 1 unspecified atom stereocenters. The van der Waals surface area contributed by atoms with Crippen LogP contribution in [-0.2, 0) is 15.1 Å². The van der Waals surface area contributed by atoms with Crippen LogP contribution in [0.2, 0.25) is 0 Å². The van der Waals surface area contributed by atoms with E-state index in [4.69, 9.17) is 0 Å². The number of amides is 4. The van der Waals surface area contributed by atoms with Crippen LogP contribution in [0.1, 0.15) is 24.5 Å². The number of nitrogens with one attached hydrogen (secondary N) is 2. The zero-order valence-corrected chi connectivity index (χ0v) is 16.8. The molecule has 2 N–H and O–H groups in total. The van der Waals surface area contributed by atoms with Crippen LogP contribution in [0.25, 0.3) is 10.9 Å². The summed E-state index contributed by atoms with van der Waals surface area (Å²) in [6.07, 6.45) is 2.08. The summed E-state index contributed by atoms with van der Waals surface area (Å²) in [6.45, 7) is 3.41. The zero-order chi connectivity index (χ0) is 21.3. The molecule has 0 bridgehead atoms. The first-order valence-corrected chi connectivity index (χ1v) is 9.80. The second-order valence-corrected chi connectivity index (χ2v) is 7.32. The molecule has 4 amide bonds. The summed E-state index contributed by atoms with van der Waals surface area (Å²) in [7, 11) is 0. The number of pyridine rings is 1. The topological polar surface area (TPSA) is 91.4 Å². The van der Waals surface area contributed by atoms with E-state index in [0.717, 1.165) is 21.4 Å². The molecule has 7 heteroatoms. The molecule has 1 fully saturated rings.